The number of thiol groups is 1. The van der Waals surface area contributed by atoms with E-state index < -0.39 is 24.7 Å². The molecular formula is C10H10F3NOS. The minimum absolute atomic E-state index is 0.0105. The van der Waals surface area contributed by atoms with E-state index in [1.165, 1.54) is 19.2 Å². The molecule has 2 nitrogen and oxygen atoms in total. The van der Waals surface area contributed by atoms with Crippen LogP contribution in [-0.2, 0) is 0 Å². The molecule has 0 aromatic heterocycles. The number of carbonyl (C=O) groups is 1. The molecule has 0 heterocycles. The van der Waals surface area contributed by atoms with Gasteiger partial charge in [-0.2, -0.15) is 0 Å². The quantitative estimate of drug-likeness (QED) is 0.816. The summed E-state index contributed by atoms with van der Waals surface area (Å²) in [6.07, 6.45) is -2.59. The molecule has 0 radical (unpaired) electrons. The van der Waals surface area contributed by atoms with Crippen LogP contribution >= 0.6 is 12.6 Å². The zero-order valence-corrected chi connectivity index (χ0v) is 9.35. The summed E-state index contributed by atoms with van der Waals surface area (Å²) in [5.41, 5.74) is 0.134. The molecular weight excluding hydrogens is 239 g/mol. The minimum atomic E-state index is -2.59. The van der Waals surface area contributed by atoms with Crippen LogP contribution < -0.4 is 0 Å². The number of amides is 1. The second kappa shape index (κ2) is 5.25. The molecule has 0 aliphatic heterocycles. The van der Waals surface area contributed by atoms with Crippen LogP contribution in [0.15, 0.2) is 23.1 Å². The standard InChI is InChI=1S/C10H10F3NOS/c1-14(5-9(12)13)10(15)6-2-3-7(11)8(16)4-6/h2-4,9,16H,5H2,1H3. The average Bonchev–Trinajstić information content (AvgIpc) is 2.20. The van der Waals surface area contributed by atoms with Crippen LogP contribution in [0.1, 0.15) is 10.4 Å². The fourth-order valence-electron chi connectivity index (χ4n) is 1.16. The third-order valence-electron chi connectivity index (χ3n) is 1.95. The van der Waals surface area contributed by atoms with E-state index in [1.54, 1.807) is 0 Å². The summed E-state index contributed by atoms with van der Waals surface area (Å²) in [6.45, 7) is -0.655. The van der Waals surface area contributed by atoms with Gasteiger partial charge in [0.25, 0.3) is 12.3 Å². The Labute approximate surface area is 96.5 Å². The molecule has 0 unspecified atom stereocenters. The van der Waals surface area contributed by atoms with Crippen LogP contribution in [-0.4, -0.2) is 30.8 Å². The zero-order valence-electron chi connectivity index (χ0n) is 8.45. The average molecular weight is 249 g/mol. The van der Waals surface area contributed by atoms with Crippen molar-refractivity contribution in [3.05, 3.63) is 29.6 Å². The lowest BCUT2D eigenvalue weighted by Gasteiger charge is -2.16. The van der Waals surface area contributed by atoms with Crippen molar-refractivity contribution in [2.24, 2.45) is 0 Å². The Hall–Kier alpha value is -1.17. The van der Waals surface area contributed by atoms with E-state index in [4.69, 9.17) is 0 Å². The molecule has 0 aliphatic carbocycles. The van der Waals surface area contributed by atoms with Crippen LogP contribution in [0.4, 0.5) is 13.2 Å². The molecule has 16 heavy (non-hydrogen) atoms. The normalized spacial score (nSPS) is 10.6. The van der Waals surface area contributed by atoms with Gasteiger partial charge in [0.15, 0.2) is 0 Å². The first kappa shape index (κ1) is 12.9. The molecule has 0 fully saturated rings. The van der Waals surface area contributed by atoms with Crippen molar-refractivity contribution in [3.63, 3.8) is 0 Å². The molecule has 0 aliphatic rings. The van der Waals surface area contributed by atoms with Gasteiger partial charge in [0.1, 0.15) is 5.82 Å². The topological polar surface area (TPSA) is 20.3 Å². The first-order valence-corrected chi connectivity index (χ1v) is 4.88. The largest absolute Gasteiger partial charge is 0.336 e. The van der Waals surface area contributed by atoms with Crippen LogP contribution in [0.2, 0.25) is 0 Å². The van der Waals surface area contributed by atoms with Crippen LogP contribution in [0.25, 0.3) is 0 Å². The van der Waals surface area contributed by atoms with Gasteiger partial charge >= 0.3 is 0 Å². The lowest BCUT2D eigenvalue weighted by Crippen LogP contribution is -2.31. The van der Waals surface area contributed by atoms with Crippen molar-refractivity contribution in [3.8, 4) is 0 Å². The molecule has 0 N–H and O–H groups in total. The van der Waals surface area contributed by atoms with E-state index in [1.807, 2.05) is 0 Å². The Balaban J connectivity index is 2.84. The third-order valence-corrected chi connectivity index (χ3v) is 2.29. The maximum atomic E-state index is 12.9. The number of hydrogen-bond donors (Lipinski definition) is 1. The number of rotatable bonds is 3. The van der Waals surface area contributed by atoms with Gasteiger partial charge in [-0.05, 0) is 18.2 Å². The Kier molecular flexibility index (Phi) is 4.23. The molecule has 0 saturated heterocycles. The Bertz CT molecular complexity index is 398. The monoisotopic (exact) mass is 249 g/mol. The van der Waals surface area contributed by atoms with E-state index in [2.05, 4.69) is 12.6 Å². The van der Waals surface area contributed by atoms with Gasteiger partial charge in [-0.15, -0.1) is 12.6 Å². The van der Waals surface area contributed by atoms with Crippen molar-refractivity contribution >= 4 is 18.5 Å². The summed E-state index contributed by atoms with van der Waals surface area (Å²) >= 11 is 3.81. The van der Waals surface area contributed by atoms with Crippen molar-refractivity contribution in [1.29, 1.82) is 0 Å². The molecule has 6 heteroatoms. The van der Waals surface area contributed by atoms with Crippen molar-refractivity contribution < 1.29 is 18.0 Å². The maximum Gasteiger partial charge on any atom is 0.255 e. The number of benzene rings is 1. The fourth-order valence-corrected chi connectivity index (χ4v) is 1.37. The highest BCUT2D eigenvalue weighted by Gasteiger charge is 2.16. The van der Waals surface area contributed by atoms with Gasteiger partial charge in [-0.3, -0.25) is 4.79 Å². The minimum Gasteiger partial charge on any atom is -0.336 e. The fraction of sp³-hybridized carbons (Fsp3) is 0.300. The maximum absolute atomic E-state index is 12.9. The first-order valence-electron chi connectivity index (χ1n) is 4.44. The summed E-state index contributed by atoms with van der Waals surface area (Å²) < 4.78 is 36.9. The highest BCUT2D eigenvalue weighted by molar-refractivity contribution is 7.80. The molecule has 0 bridgehead atoms. The van der Waals surface area contributed by atoms with Gasteiger partial charge in [0.2, 0.25) is 0 Å². The predicted octanol–water partition coefficient (Wildman–Crippen LogP) is 2.45. The van der Waals surface area contributed by atoms with Crippen molar-refractivity contribution in [2.75, 3.05) is 13.6 Å². The van der Waals surface area contributed by atoms with E-state index in [-0.39, 0.29) is 10.5 Å². The number of nitrogens with zero attached hydrogens (tertiary/aromatic N) is 1. The highest BCUT2D eigenvalue weighted by atomic mass is 32.1. The molecule has 88 valence electrons. The zero-order chi connectivity index (χ0) is 12.3. The highest BCUT2D eigenvalue weighted by Crippen LogP contribution is 2.15. The summed E-state index contributed by atoms with van der Waals surface area (Å²) in [4.78, 5) is 12.5. The number of alkyl halides is 2. The number of carbonyl (C=O) groups excluding carboxylic acids is 1. The Morgan fingerprint density at radius 1 is 1.50 bits per heavy atom. The van der Waals surface area contributed by atoms with Gasteiger partial charge in [-0.25, -0.2) is 13.2 Å². The van der Waals surface area contributed by atoms with Gasteiger partial charge < -0.3 is 4.90 Å². The molecule has 0 atom stereocenters. The number of halogens is 3. The van der Waals surface area contributed by atoms with Crippen LogP contribution in [0.5, 0.6) is 0 Å². The lowest BCUT2D eigenvalue weighted by molar-refractivity contribution is 0.0620. The van der Waals surface area contributed by atoms with Gasteiger partial charge in [0, 0.05) is 17.5 Å². The Morgan fingerprint density at radius 3 is 2.62 bits per heavy atom. The van der Waals surface area contributed by atoms with Crippen molar-refractivity contribution in [1.82, 2.24) is 4.90 Å². The molecule has 1 amide bonds. The summed E-state index contributed by atoms with van der Waals surface area (Å²) in [6, 6.07) is 3.52. The van der Waals surface area contributed by atoms with Gasteiger partial charge in [0.05, 0.1) is 6.54 Å². The third kappa shape index (κ3) is 3.16. The summed E-state index contributed by atoms with van der Waals surface area (Å²) in [5, 5.41) is 0. The van der Waals surface area contributed by atoms with Crippen molar-refractivity contribution in [2.45, 2.75) is 11.3 Å². The Morgan fingerprint density at radius 2 is 2.12 bits per heavy atom. The number of hydrogen-bond acceptors (Lipinski definition) is 2. The molecule has 1 aromatic rings. The van der Waals surface area contributed by atoms with Gasteiger partial charge in [-0.1, -0.05) is 0 Å². The first-order chi connectivity index (χ1) is 7.41. The SMILES string of the molecule is CN(CC(F)F)C(=O)c1ccc(F)c(S)c1. The van der Waals surface area contributed by atoms with Crippen LogP contribution in [0, 0.1) is 5.82 Å². The van der Waals surface area contributed by atoms with Crippen LogP contribution in [0.3, 0.4) is 0 Å². The lowest BCUT2D eigenvalue weighted by atomic mass is 10.2. The molecule has 0 spiro atoms. The summed E-state index contributed by atoms with van der Waals surface area (Å²) in [5.74, 6) is -1.15. The summed E-state index contributed by atoms with van der Waals surface area (Å²) in [7, 11) is 1.26. The second-order valence-corrected chi connectivity index (χ2v) is 3.72. The predicted molar refractivity (Wildman–Crippen MR) is 56.6 cm³/mol. The second-order valence-electron chi connectivity index (χ2n) is 3.24. The molecule has 1 aromatic carbocycles. The smallest absolute Gasteiger partial charge is 0.255 e. The van der Waals surface area contributed by atoms with E-state index >= 15 is 0 Å². The van der Waals surface area contributed by atoms with E-state index in [0.717, 1.165) is 11.0 Å². The van der Waals surface area contributed by atoms with E-state index in [0.29, 0.717) is 0 Å². The van der Waals surface area contributed by atoms with E-state index in [9.17, 15) is 18.0 Å². The molecule has 0 saturated carbocycles. The molecule has 1 rings (SSSR count).